The summed E-state index contributed by atoms with van der Waals surface area (Å²) in [5, 5.41) is 0. The number of halogens is 4. The Hall–Kier alpha value is -1.36. The minimum atomic E-state index is -4.53. The van der Waals surface area contributed by atoms with Crippen LogP contribution in [0.25, 0.3) is 6.08 Å². The molecular weight excluding hydrogens is 210 g/mol. The van der Waals surface area contributed by atoms with E-state index in [1.54, 1.807) is 0 Å². The molecule has 0 aliphatic heterocycles. The fourth-order valence-corrected chi connectivity index (χ4v) is 1.08. The lowest BCUT2D eigenvalue weighted by Gasteiger charge is -2.07. The maximum Gasteiger partial charge on any atom is 0.416 e. The molecule has 0 aromatic heterocycles. The molecule has 0 spiro atoms. The van der Waals surface area contributed by atoms with Crippen molar-refractivity contribution >= 4 is 6.08 Å². The molecule has 0 bridgehead atoms. The largest absolute Gasteiger partial charge is 0.416 e. The summed E-state index contributed by atoms with van der Waals surface area (Å²) in [5.41, 5.74) is 4.28. The Morgan fingerprint density at radius 1 is 1.20 bits per heavy atom. The molecule has 0 atom stereocenters. The summed E-state index contributed by atoms with van der Waals surface area (Å²) in [4.78, 5) is 0. The maximum absolute atomic E-state index is 12.8. The van der Waals surface area contributed by atoms with Crippen molar-refractivity contribution in [1.82, 2.24) is 0 Å². The number of rotatable bonds is 2. The van der Waals surface area contributed by atoms with E-state index < -0.39 is 17.6 Å². The van der Waals surface area contributed by atoms with Gasteiger partial charge in [0.15, 0.2) is 0 Å². The smallest absolute Gasteiger partial charge is 0.327 e. The highest BCUT2D eigenvalue weighted by atomic mass is 19.4. The fourth-order valence-electron chi connectivity index (χ4n) is 1.08. The number of benzene rings is 1. The number of nitrogens with two attached hydrogens (primary N) is 1. The van der Waals surface area contributed by atoms with Crippen molar-refractivity contribution in [2.45, 2.75) is 6.18 Å². The Labute approximate surface area is 84.2 Å². The van der Waals surface area contributed by atoms with Crippen molar-refractivity contribution in [3.05, 3.63) is 41.2 Å². The Morgan fingerprint density at radius 3 is 2.40 bits per heavy atom. The van der Waals surface area contributed by atoms with Crippen LogP contribution in [-0.4, -0.2) is 6.54 Å². The summed E-state index contributed by atoms with van der Waals surface area (Å²) >= 11 is 0. The molecule has 2 N–H and O–H groups in total. The van der Waals surface area contributed by atoms with Gasteiger partial charge in [-0.3, -0.25) is 0 Å². The van der Waals surface area contributed by atoms with Gasteiger partial charge in [-0.2, -0.15) is 13.2 Å². The number of alkyl halides is 3. The van der Waals surface area contributed by atoms with E-state index in [1.807, 2.05) is 0 Å². The molecule has 5 heteroatoms. The first-order chi connectivity index (χ1) is 6.93. The van der Waals surface area contributed by atoms with Crippen molar-refractivity contribution < 1.29 is 17.6 Å². The Kier molecular flexibility index (Phi) is 3.47. The van der Waals surface area contributed by atoms with E-state index in [1.165, 1.54) is 12.2 Å². The van der Waals surface area contributed by atoms with Crippen molar-refractivity contribution in [2.75, 3.05) is 6.54 Å². The molecule has 0 radical (unpaired) electrons. The van der Waals surface area contributed by atoms with Crippen molar-refractivity contribution in [2.24, 2.45) is 5.73 Å². The predicted molar refractivity (Wildman–Crippen MR) is 49.5 cm³/mol. The molecule has 0 aliphatic carbocycles. The second kappa shape index (κ2) is 4.44. The molecule has 1 aromatic carbocycles. The third-order valence-corrected chi connectivity index (χ3v) is 1.69. The van der Waals surface area contributed by atoms with Crippen LogP contribution in [0.4, 0.5) is 17.6 Å². The zero-order valence-corrected chi connectivity index (χ0v) is 7.68. The first-order valence-electron chi connectivity index (χ1n) is 4.18. The SMILES string of the molecule is NCC=Cc1cc(F)cc(C(F)(F)F)c1. The standard InChI is InChI=1S/C10H9F4N/c11-9-5-7(2-1-3-15)4-8(6-9)10(12,13)14/h1-2,4-6H,3,15H2. The van der Waals surface area contributed by atoms with E-state index in [0.717, 1.165) is 12.1 Å². The second-order valence-corrected chi connectivity index (χ2v) is 2.91. The van der Waals surface area contributed by atoms with Crippen LogP contribution in [0.5, 0.6) is 0 Å². The first-order valence-corrected chi connectivity index (χ1v) is 4.18. The molecule has 1 aromatic rings. The molecule has 0 aliphatic rings. The molecule has 0 saturated heterocycles. The van der Waals surface area contributed by atoms with Crippen molar-refractivity contribution in [3.8, 4) is 0 Å². The summed E-state index contributed by atoms with van der Waals surface area (Å²) < 4.78 is 49.6. The van der Waals surface area contributed by atoms with Gasteiger partial charge in [-0.15, -0.1) is 0 Å². The molecule has 0 unspecified atom stereocenters. The van der Waals surface area contributed by atoms with Crippen LogP contribution in [0, 0.1) is 5.82 Å². The molecule has 82 valence electrons. The monoisotopic (exact) mass is 219 g/mol. The molecule has 0 fully saturated rings. The zero-order valence-electron chi connectivity index (χ0n) is 7.68. The topological polar surface area (TPSA) is 26.0 Å². The van der Waals surface area contributed by atoms with Gasteiger partial charge in [0.2, 0.25) is 0 Å². The summed E-state index contributed by atoms with van der Waals surface area (Å²) in [6.07, 6.45) is -1.74. The summed E-state index contributed by atoms with van der Waals surface area (Å²) in [6, 6.07) is 2.34. The molecule has 0 heterocycles. The highest BCUT2D eigenvalue weighted by molar-refractivity contribution is 5.51. The Bertz CT molecular complexity index is 368. The first kappa shape index (κ1) is 11.7. The third-order valence-electron chi connectivity index (χ3n) is 1.69. The van der Waals surface area contributed by atoms with Crippen LogP contribution in [0.3, 0.4) is 0 Å². The van der Waals surface area contributed by atoms with Gasteiger partial charge in [0.25, 0.3) is 0 Å². The van der Waals surface area contributed by atoms with Gasteiger partial charge >= 0.3 is 6.18 Å². The Balaban J connectivity index is 3.11. The van der Waals surface area contributed by atoms with Gasteiger partial charge in [0, 0.05) is 6.54 Å². The number of hydrogen-bond donors (Lipinski definition) is 1. The molecule has 15 heavy (non-hydrogen) atoms. The lowest BCUT2D eigenvalue weighted by atomic mass is 10.1. The highest BCUT2D eigenvalue weighted by Crippen LogP contribution is 2.30. The van der Waals surface area contributed by atoms with Gasteiger partial charge in [-0.25, -0.2) is 4.39 Å². The van der Waals surface area contributed by atoms with Crippen LogP contribution in [0.15, 0.2) is 24.3 Å². The van der Waals surface area contributed by atoms with Gasteiger partial charge in [-0.05, 0) is 23.8 Å². The van der Waals surface area contributed by atoms with Crippen LogP contribution >= 0.6 is 0 Å². The molecule has 1 rings (SSSR count). The Morgan fingerprint density at radius 2 is 1.87 bits per heavy atom. The van der Waals surface area contributed by atoms with Crippen LogP contribution in [0.2, 0.25) is 0 Å². The minimum Gasteiger partial charge on any atom is -0.327 e. The second-order valence-electron chi connectivity index (χ2n) is 2.91. The van der Waals surface area contributed by atoms with E-state index in [-0.39, 0.29) is 12.1 Å². The van der Waals surface area contributed by atoms with E-state index >= 15 is 0 Å². The van der Waals surface area contributed by atoms with Gasteiger partial charge < -0.3 is 5.73 Å². The minimum absolute atomic E-state index is 0.146. The van der Waals surface area contributed by atoms with Crippen LogP contribution in [-0.2, 0) is 6.18 Å². The zero-order chi connectivity index (χ0) is 11.5. The van der Waals surface area contributed by atoms with E-state index in [2.05, 4.69) is 0 Å². The van der Waals surface area contributed by atoms with E-state index in [9.17, 15) is 17.6 Å². The van der Waals surface area contributed by atoms with Gasteiger partial charge in [0.1, 0.15) is 5.82 Å². The average Bonchev–Trinajstić information content (AvgIpc) is 2.12. The van der Waals surface area contributed by atoms with Gasteiger partial charge in [-0.1, -0.05) is 12.2 Å². The van der Waals surface area contributed by atoms with Crippen LogP contribution < -0.4 is 5.73 Å². The van der Waals surface area contributed by atoms with Crippen molar-refractivity contribution in [1.29, 1.82) is 0 Å². The predicted octanol–water partition coefficient (Wildman–Crippen LogP) is 2.82. The van der Waals surface area contributed by atoms with Crippen LogP contribution in [0.1, 0.15) is 11.1 Å². The summed E-state index contributed by atoms with van der Waals surface area (Å²) in [7, 11) is 0. The lowest BCUT2D eigenvalue weighted by molar-refractivity contribution is -0.137. The van der Waals surface area contributed by atoms with Gasteiger partial charge in [0.05, 0.1) is 5.56 Å². The molecule has 0 amide bonds. The van der Waals surface area contributed by atoms with E-state index in [4.69, 9.17) is 5.73 Å². The molecule has 1 nitrogen and oxygen atoms in total. The summed E-state index contributed by atoms with van der Waals surface area (Å²) in [5.74, 6) is -0.915. The average molecular weight is 219 g/mol. The maximum atomic E-state index is 12.8. The lowest BCUT2D eigenvalue weighted by Crippen LogP contribution is -2.05. The van der Waals surface area contributed by atoms with Crippen molar-refractivity contribution in [3.63, 3.8) is 0 Å². The van der Waals surface area contributed by atoms with E-state index in [0.29, 0.717) is 6.07 Å². The molecular formula is C10H9F4N. The quantitative estimate of drug-likeness (QED) is 0.760. The normalized spacial score (nSPS) is 12.3. The molecule has 0 saturated carbocycles. The highest BCUT2D eigenvalue weighted by Gasteiger charge is 2.31. The fraction of sp³-hybridized carbons (Fsp3) is 0.200. The number of hydrogen-bond acceptors (Lipinski definition) is 1. The third kappa shape index (κ3) is 3.36. The summed E-state index contributed by atoms with van der Waals surface area (Å²) in [6.45, 7) is 0.192.